The summed E-state index contributed by atoms with van der Waals surface area (Å²) in [5, 5.41) is 2.90. The van der Waals surface area contributed by atoms with E-state index in [-0.39, 0.29) is 17.9 Å². The van der Waals surface area contributed by atoms with Crippen LogP contribution in [0.25, 0.3) is 0 Å². The molecule has 4 heteroatoms. The number of nitrogens with one attached hydrogen (secondary N) is 1. The third kappa shape index (κ3) is 1.57. The Morgan fingerprint density at radius 3 is 2.39 bits per heavy atom. The molecule has 4 nitrogen and oxygen atoms in total. The molecule has 3 aliphatic carbocycles. The second-order valence-corrected chi connectivity index (χ2v) is 6.59. The highest BCUT2D eigenvalue weighted by molar-refractivity contribution is 5.95. The van der Waals surface area contributed by atoms with Crippen molar-refractivity contribution in [2.45, 2.75) is 50.6 Å². The molecule has 4 atom stereocenters. The first-order valence-electron chi connectivity index (χ1n) is 7.32. The Morgan fingerprint density at radius 2 is 1.78 bits per heavy atom. The predicted octanol–water partition coefficient (Wildman–Crippen LogP) is 0.912. The molecule has 3 saturated carbocycles. The van der Waals surface area contributed by atoms with Gasteiger partial charge in [-0.2, -0.15) is 0 Å². The van der Waals surface area contributed by atoms with Gasteiger partial charge < -0.3 is 10.2 Å². The van der Waals surface area contributed by atoms with Crippen LogP contribution in [0.4, 0.5) is 0 Å². The second kappa shape index (κ2) is 3.72. The Morgan fingerprint density at radius 1 is 1.00 bits per heavy atom. The third-order valence-electron chi connectivity index (χ3n) is 5.37. The van der Waals surface area contributed by atoms with Crippen molar-refractivity contribution in [2.75, 3.05) is 6.54 Å². The zero-order valence-electron chi connectivity index (χ0n) is 10.6. The molecule has 2 bridgehead atoms. The van der Waals surface area contributed by atoms with E-state index in [0.29, 0.717) is 24.4 Å². The van der Waals surface area contributed by atoms with E-state index in [1.54, 1.807) is 0 Å². The van der Waals surface area contributed by atoms with Gasteiger partial charge in [0, 0.05) is 6.04 Å². The van der Waals surface area contributed by atoms with Gasteiger partial charge >= 0.3 is 0 Å². The fourth-order valence-corrected chi connectivity index (χ4v) is 4.31. The summed E-state index contributed by atoms with van der Waals surface area (Å²) in [6, 6.07) is 0.161. The second-order valence-electron chi connectivity index (χ2n) is 6.59. The number of fused-ring (bicyclic) bond motifs is 2. The van der Waals surface area contributed by atoms with Gasteiger partial charge in [0.05, 0.1) is 6.54 Å². The minimum Gasteiger partial charge on any atom is -0.342 e. The zero-order chi connectivity index (χ0) is 12.3. The van der Waals surface area contributed by atoms with Crippen molar-refractivity contribution in [3.05, 3.63) is 0 Å². The van der Waals surface area contributed by atoms with Gasteiger partial charge in [-0.3, -0.25) is 9.59 Å². The minimum atomic E-state index is -0.203. The molecule has 4 fully saturated rings. The van der Waals surface area contributed by atoms with Gasteiger partial charge in [0.25, 0.3) is 0 Å². The van der Waals surface area contributed by atoms with E-state index in [9.17, 15) is 9.59 Å². The number of hydrogen-bond donors (Lipinski definition) is 1. The molecule has 2 amide bonds. The van der Waals surface area contributed by atoms with Crippen LogP contribution < -0.4 is 5.32 Å². The summed E-state index contributed by atoms with van der Waals surface area (Å²) >= 11 is 0. The van der Waals surface area contributed by atoms with Gasteiger partial charge in [-0.25, -0.2) is 0 Å². The van der Waals surface area contributed by atoms with Crippen LogP contribution in [0.5, 0.6) is 0 Å². The highest BCUT2D eigenvalue weighted by atomic mass is 16.2. The topological polar surface area (TPSA) is 49.4 Å². The van der Waals surface area contributed by atoms with Crippen LogP contribution in [-0.2, 0) is 9.59 Å². The molecule has 1 heterocycles. The van der Waals surface area contributed by atoms with Crippen molar-refractivity contribution in [3.63, 3.8) is 0 Å². The number of piperazine rings is 1. The molecule has 0 radical (unpaired) electrons. The summed E-state index contributed by atoms with van der Waals surface area (Å²) in [4.78, 5) is 26.3. The molecule has 4 unspecified atom stereocenters. The average Bonchev–Trinajstić information content (AvgIpc) is 2.99. The smallest absolute Gasteiger partial charge is 0.246 e. The number of hydrogen-bond acceptors (Lipinski definition) is 2. The molecule has 1 aliphatic heterocycles. The molecule has 1 N–H and O–H groups in total. The molecule has 0 aromatic heterocycles. The lowest BCUT2D eigenvalue weighted by Gasteiger charge is -2.40. The van der Waals surface area contributed by atoms with Crippen LogP contribution in [0.3, 0.4) is 0 Å². The van der Waals surface area contributed by atoms with Crippen molar-refractivity contribution in [1.82, 2.24) is 10.2 Å². The van der Waals surface area contributed by atoms with E-state index in [4.69, 9.17) is 0 Å². The van der Waals surface area contributed by atoms with Gasteiger partial charge in [0.2, 0.25) is 11.8 Å². The van der Waals surface area contributed by atoms with E-state index >= 15 is 0 Å². The Bertz CT molecular complexity index is 405. The standard InChI is InChI=1S/C14H20N2O2/c17-12-7-16(11-6-8-1-2-10(11)5-8)14(18)13(15-12)9-3-4-9/h8-11,13H,1-7H2,(H,15,17). The molecule has 1 saturated heterocycles. The fourth-order valence-electron chi connectivity index (χ4n) is 4.31. The molecule has 0 spiro atoms. The summed E-state index contributed by atoms with van der Waals surface area (Å²) in [5.74, 6) is 2.16. The number of amides is 2. The Labute approximate surface area is 107 Å². The number of carbonyl (C=O) groups is 2. The number of nitrogens with zero attached hydrogens (tertiary/aromatic N) is 1. The van der Waals surface area contributed by atoms with E-state index < -0.39 is 0 Å². The van der Waals surface area contributed by atoms with Crippen LogP contribution >= 0.6 is 0 Å². The van der Waals surface area contributed by atoms with Gasteiger partial charge in [-0.1, -0.05) is 6.42 Å². The van der Waals surface area contributed by atoms with Crippen LogP contribution in [0.2, 0.25) is 0 Å². The van der Waals surface area contributed by atoms with Crippen molar-refractivity contribution in [1.29, 1.82) is 0 Å². The summed E-state index contributed by atoms with van der Waals surface area (Å²) in [5.41, 5.74) is 0. The summed E-state index contributed by atoms with van der Waals surface area (Å²) in [7, 11) is 0. The molecular formula is C14H20N2O2. The monoisotopic (exact) mass is 248 g/mol. The number of carbonyl (C=O) groups excluding carboxylic acids is 2. The van der Waals surface area contributed by atoms with E-state index in [0.717, 1.165) is 25.2 Å². The molecule has 98 valence electrons. The largest absolute Gasteiger partial charge is 0.342 e. The fraction of sp³-hybridized carbons (Fsp3) is 0.857. The molecule has 0 aromatic carbocycles. The summed E-state index contributed by atoms with van der Waals surface area (Å²) in [6.45, 7) is 0.302. The van der Waals surface area contributed by atoms with Gasteiger partial charge in [-0.15, -0.1) is 0 Å². The lowest BCUT2D eigenvalue weighted by molar-refractivity contribution is -0.148. The Balaban J connectivity index is 1.55. The van der Waals surface area contributed by atoms with Gasteiger partial charge in [-0.05, 0) is 49.9 Å². The average molecular weight is 248 g/mol. The summed E-state index contributed by atoms with van der Waals surface area (Å²) in [6.07, 6.45) is 7.21. The highest BCUT2D eigenvalue weighted by Crippen LogP contribution is 2.47. The molecule has 4 aliphatic rings. The predicted molar refractivity (Wildman–Crippen MR) is 65.6 cm³/mol. The van der Waals surface area contributed by atoms with Gasteiger partial charge in [0.1, 0.15) is 6.04 Å². The van der Waals surface area contributed by atoms with Crippen molar-refractivity contribution in [3.8, 4) is 0 Å². The zero-order valence-corrected chi connectivity index (χ0v) is 10.6. The quantitative estimate of drug-likeness (QED) is 0.789. The third-order valence-corrected chi connectivity index (χ3v) is 5.37. The van der Waals surface area contributed by atoms with Crippen LogP contribution in [0.15, 0.2) is 0 Å². The van der Waals surface area contributed by atoms with Crippen molar-refractivity contribution in [2.24, 2.45) is 17.8 Å². The lowest BCUT2D eigenvalue weighted by Crippen LogP contribution is -2.62. The Kier molecular flexibility index (Phi) is 2.24. The minimum absolute atomic E-state index is 0.0503. The number of rotatable bonds is 2. The first kappa shape index (κ1) is 10.8. The van der Waals surface area contributed by atoms with Crippen LogP contribution in [-0.4, -0.2) is 35.3 Å². The first-order chi connectivity index (χ1) is 8.72. The lowest BCUT2D eigenvalue weighted by atomic mass is 9.92. The summed E-state index contributed by atoms with van der Waals surface area (Å²) < 4.78 is 0. The SMILES string of the molecule is O=C1CN(C2CC3CCC2C3)C(=O)C(C2CC2)N1. The maximum absolute atomic E-state index is 12.5. The molecular weight excluding hydrogens is 228 g/mol. The molecule has 0 aromatic rings. The van der Waals surface area contributed by atoms with Gasteiger partial charge in [0.15, 0.2) is 0 Å². The highest BCUT2D eigenvalue weighted by Gasteiger charge is 2.49. The van der Waals surface area contributed by atoms with Crippen LogP contribution in [0, 0.1) is 17.8 Å². The Hall–Kier alpha value is -1.06. The van der Waals surface area contributed by atoms with Crippen molar-refractivity contribution >= 4 is 11.8 Å². The van der Waals surface area contributed by atoms with E-state index in [2.05, 4.69) is 5.32 Å². The molecule has 18 heavy (non-hydrogen) atoms. The maximum atomic E-state index is 12.5. The van der Waals surface area contributed by atoms with E-state index in [1.165, 1.54) is 19.3 Å². The van der Waals surface area contributed by atoms with Crippen LogP contribution in [0.1, 0.15) is 38.5 Å². The van der Waals surface area contributed by atoms with E-state index in [1.807, 2.05) is 4.90 Å². The normalized spacial score (nSPS) is 43.4. The first-order valence-corrected chi connectivity index (χ1v) is 7.32. The molecule has 4 rings (SSSR count). The van der Waals surface area contributed by atoms with Crippen molar-refractivity contribution < 1.29 is 9.59 Å². The maximum Gasteiger partial charge on any atom is 0.246 e.